The van der Waals surface area contributed by atoms with Crippen LogP contribution in [0.2, 0.25) is 0 Å². The van der Waals surface area contributed by atoms with Crippen molar-refractivity contribution in [2.75, 3.05) is 7.11 Å². The van der Waals surface area contributed by atoms with Crippen molar-refractivity contribution < 1.29 is 27.8 Å². The van der Waals surface area contributed by atoms with Crippen molar-refractivity contribution in [3.05, 3.63) is 48.5 Å². The van der Waals surface area contributed by atoms with Crippen molar-refractivity contribution in [3.8, 4) is 5.75 Å². The van der Waals surface area contributed by atoms with Crippen molar-refractivity contribution >= 4 is 27.8 Å². The summed E-state index contributed by atoms with van der Waals surface area (Å²) >= 11 is 0. The van der Waals surface area contributed by atoms with E-state index in [9.17, 15) is 13.2 Å². The Hall–Kier alpha value is -2.83. The van der Waals surface area contributed by atoms with Gasteiger partial charge in [-0.05, 0) is 24.3 Å². The Bertz CT molecular complexity index is 793. The molecule has 4 nitrogen and oxygen atoms in total. The van der Waals surface area contributed by atoms with Crippen molar-refractivity contribution in [1.82, 2.24) is 4.98 Å². The van der Waals surface area contributed by atoms with Crippen molar-refractivity contribution in [3.63, 3.8) is 0 Å². The van der Waals surface area contributed by atoms with Gasteiger partial charge in [0, 0.05) is 10.8 Å². The van der Waals surface area contributed by atoms with E-state index in [1.54, 1.807) is 7.11 Å². The fourth-order valence-electron chi connectivity index (χ4n) is 2.02. The zero-order valence-electron chi connectivity index (χ0n) is 12.0. The summed E-state index contributed by atoms with van der Waals surface area (Å²) in [6, 6.07) is 16.1. The monoisotopic (exact) mass is 323 g/mol. The number of pyridine rings is 1. The molecule has 0 saturated carbocycles. The summed E-state index contributed by atoms with van der Waals surface area (Å²) < 4.78 is 37.2. The first-order valence-electron chi connectivity index (χ1n) is 6.46. The van der Waals surface area contributed by atoms with E-state index in [1.807, 2.05) is 48.5 Å². The Morgan fingerprint density at radius 1 is 1.00 bits per heavy atom. The number of carboxylic acids is 1. The van der Waals surface area contributed by atoms with Gasteiger partial charge in [-0.2, -0.15) is 13.2 Å². The Kier molecular flexibility index (Phi) is 4.68. The number of halogens is 3. The predicted molar refractivity (Wildman–Crippen MR) is 79.5 cm³/mol. The molecular formula is C16H12F3NO3. The van der Waals surface area contributed by atoms with E-state index in [2.05, 4.69) is 4.98 Å². The van der Waals surface area contributed by atoms with E-state index in [4.69, 9.17) is 14.6 Å². The molecule has 0 bridgehead atoms. The average molecular weight is 323 g/mol. The van der Waals surface area contributed by atoms with E-state index in [0.717, 1.165) is 27.6 Å². The van der Waals surface area contributed by atoms with Gasteiger partial charge in [0.25, 0.3) is 0 Å². The Morgan fingerprint density at radius 3 is 1.74 bits per heavy atom. The van der Waals surface area contributed by atoms with Gasteiger partial charge in [-0.15, -0.1) is 0 Å². The maximum Gasteiger partial charge on any atom is 0.490 e. The van der Waals surface area contributed by atoms with Crippen LogP contribution in [-0.4, -0.2) is 29.3 Å². The molecule has 0 unspecified atom stereocenters. The van der Waals surface area contributed by atoms with Crippen molar-refractivity contribution in [2.24, 2.45) is 0 Å². The molecule has 3 aromatic rings. The van der Waals surface area contributed by atoms with Crippen molar-refractivity contribution in [1.29, 1.82) is 0 Å². The molecule has 1 aromatic heterocycles. The number of ether oxygens (including phenoxy) is 1. The van der Waals surface area contributed by atoms with E-state index in [0.29, 0.717) is 0 Å². The minimum atomic E-state index is -5.08. The second-order valence-electron chi connectivity index (χ2n) is 4.48. The third-order valence-corrected chi connectivity index (χ3v) is 2.98. The van der Waals surface area contributed by atoms with Gasteiger partial charge in [-0.25, -0.2) is 9.78 Å². The molecule has 1 heterocycles. The number of nitrogens with zero attached hydrogens (tertiary/aromatic N) is 1. The summed E-state index contributed by atoms with van der Waals surface area (Å²) in [5.41, 5.74) is 1.94. The van der Waals surface area contributed by atoms with E-state index < -0.39 is 12.1 Å². The molecule has 0 aliphatic rings. The number of aromatic nitrogens is 1. The topological polar surface area (TPSA) is 59.4 Å². The smallest absolute Gasteiger partial charge is 0.490 e. The van der Waals surface area contributed by atoms with Gasteiger partial charge in [0.2, 0.25) is 0 Å². The first-order chi connectivity index (χ1) is 10.8. The molecule has 23 heavy (non-hydrogen) atoms. The lowest BCUT2D eigenvalue weighted by atomic mass is 10.1. The summed E-state index contributed by atoms with van der Waals surface area (Å²) in [5, 5.41) is 9.24. The van der Waals surface area contributed by atoms with Crippen molar-refractivity contribution in [2.45, 2.75) is 6.18 Å². The summed E-state index contributed by atoms with van der Waals surface area (Å²) in [4.78, 5) is 13.5. The maximum absolute atomic E-state index is 10.6. The van der Waals surface area contributed by atoms with Crippen LogP contribution in [0.4, 0.5) is 13.2 Å². The second-order valence-corrected chi connectivity index (χ2v) is 4.48. The summed E-state index contributed by atoms with van der Waals surface area (Å²) in [6.07, 6.45) is -5.08. The number of para-hydroxylation sites is 2. The molecule has 0 aliphatic carbocycles. The molecule has 0 radical (unpaired) electrons. The van der Waals surface area contributed by atoms with Gasteiger partial charge in [0.15, 0.2) is 0 Å². The minimum absolute atomic E-state index is 0.904. The summed E-state index contributed by atoms with van der Waals surface area (Å²) in [5.74, 6) is -1.85. The van der Waals surface area contributed by atoms with Crippen LogP contribution in [0, 0.1) is 0 Å². The molecular weight excluding hydrogens is 311 g/mol. The number of carboxylic acid groups (broad SMARTS) is 1. The van der Waals surface area contributed by atoms with Crippen LogP contribution in [-0.2, 0) is 4.79 Å². The number of fused-ring (bicyclic) bond motifs is 2. The van der Waals surface area contributed by atoms with Gasteiger partial charge in [-0.1, -0.05) is 24.3 Å². The third kappa shape index (κ3) is 3.68. The molecule has 0 saturated heterocycles. The van der Waals surface area contributed by atoms with Crippen LogP contribution < -0.4 is 4.74 Å². The van der Waals surface area contributed by atoms with E-state index >= 15 is 0 Å². The van der Waals surface area contributed by atoms with E-state index in [1.165, 1.54) is 0 Å². The van der Waals surface area contributed by atoms with Gasteiger partial charge in [0.1, 0.15) is 5.75 Å². The molecule has 0 spiro atoms. The number of benzene rings is 2. The molecule has 0 fully saturated rings. The van der Waals surface area contributed by atoms with Crippen LogP contribution in [0.3, 0.4) is 0 Å². The molecule has 120 valence electrons. The van der Waals surface area contributed by atoms with Crippen LogP contribution in [0.15, 0.2) is 48.5 Å². The number of carbonyl (C=O) groups is 1. The first-order valence-corrected chi connectivity index (χ1v) is 6.46. The molecule has 0 atom stereocenters. The molecule has 3 rings (SSSR count). The van der Waals surface area contributed by atoms with E-state index in [-0.39, 0.29) is 0 Å². The minimum Gasteiger partial charge on any atom is -0.495 e. The van der Waals surface area contributed by atoms with Crippen LogP contribution >= 0.6 is 0 Å². The average Bonchev–Trinajstić information content (AvgIpc) is 2.52. The van der Waals surface area contributed by atoms with Gasteiger partial charge >= 0.3 is 12.1 Å². The highest BCUT2D eigenvalue weighted by atomic mass is 19.4. The quantitative estimate of drug-likeness (QED) is 0.687. The number of methoxy groups -OCH3 is 1. The first kappa shape index (κ1) is 16.5. The number of aliphatic carboxylic acids is 1. The Labute approximate surface area is 129 Å². The maximum atomic E-state index is 10.6. The second kappa shape index (κ2) is 6.51. The van der Waals surface area contributed by atoms with Gasteiger partial charge < -0.3 is 9.84 Å². The lowest BCUT2D eigenvalue weighted by Crippen LogP contribution is -2.21. The third-order valence-electron chi connectivity index (χ3n) is 2.98. The number of rotatable bonds is 1. The predicted octanol–water partition coefficient (Wildman–Crippen LogP) is 4.03. The summed E-state index contributed by atoms with van der Waals surface area (Å²) in [7, 11) is 1.70. The molecule has 2 aromatic carbocycles. The molecule has 0 amide bonds. The number of hydrogen-bond acceptors (Lipinski definition) is 3. The zero-order valence-corrected chi connectivity index (χ0v) is 12.0. The van der Waals surface area contributed by atoms with Gasteiger partial charge in [0.05, 0.1) is 18.1 Å². The highest BCUT2D eigenvalue weighted by Gasteiger charge is 2.38. The zero-order chi connectivity index (χ0) is 17.0. The van der Waals surface area contributed by atoms with Crippen LogP contribution in [0.5, 0.6) is 5.75 Å². The Balaban J connectivity index is 0.000000236. The molecule has 0 aliphatic heterocycles. The molecule has 7 heteroatoms. The lowest BCUT2D eigenvalue weighted by Gasteiger charge is -2.08. The fraction of sp³-hybridized carbons (Fsp3) is 0.125. The summed E-state index contributed by atoms with van der Waals surface area (Å²) in [6.45, 7) is 0. The SMILES string of the molecule is COc1c2ccccc2nc2ccccc12.O=C(O)C(F)(F)F. The standard InChI is InChI=1S/C14H11NO.C2HF3O2/c1-16-14-10-6-2-4-8-12(10)15-13-9-5-3-7-11(13)14;3-2(4,5)1(6)7/h2-9H,1H3;(H,6,7). The largest absolute Gasteiger partial charge is 0.495 e. The fourth-order valence-corrected chi connectivity index (χ4v) is 2.02. The normalized spacial score (nSPS) is 11.0. The highest BCUT2D eigenvalue weighted by Crippen LogP contribution is 2.32. The van der Waals surface area contributed by atoms with Crippen LogP contribution in [0.1, 0.15) is 0 Å². The number of hydrogen-bond donors (Lipinski definition) is 1. The number of alkyl halides is 3. The van der Waals surface area contributed by atoms with Gasteiger partial charge in [-0.3, -0.25) is 0 Å². The lowest BCUT2D eigenvalue weighted by molar-refractivity contribution is -0.192. The molecule has 1 N–H and O–H groups in total. The Morgan fingerprint density at radius 2 is 1.39 bits per heavy atom. The van der Waals surface area contributed by atoms with Crippen LogP contribution in [0.25, 0.3) is 21.8 Å². The highest BCUT2D eigenvalue weighted by molar-refractivity contribution is 6.00.